The number of hydrogen-bond donors (Lipinski definition) is 2. The van der Waals surface area contributed by atoms with Gasteiger partial charge in [0, 0.05) is 5.69 Å². The maximum Gasteiger partial charge on any atom is 0.340 e. The number of carbonyl (C=O) groups is 2. The fourth-order valence-electron chi connectivity index (χ4n) is 1.74. The largest absolute Gasteiger partial charge is 0.459 e. The van der Waals surface area contributed by atoms with Crippen molar-refractivity contribution < 1.29 is 19.2 Å². The molecule has 0 atom stereocenters. The standard InChI is InChI=1S/C13H20N2O4/c1-6-18-15-12(16)11-8(4)10(9(5)14-11)13(17)19-7(2)3/h7,14H,6H2,1-5H3,(H,15,16). The van der Waals surface area contributed by atoms with Gasteiger partial charge in [0.1, 0.15) is 5.69 Å². The van der Waals surface area contributed by atoms with Crippen LogP contribution in [0.5, 0.6) is 0 Å². The van der Waals surface area contributed by atoms with Gasteiger partial charge in [0.2, 0.25) is 0 Å². The van der Waals surface area contributed by atoms with E-state index < -0.39 is 11.9 Å². The van der Waals surface area contributed by atoms with Crippen molar-refractivity contribution >= 4 is 11.9 Å². The number of hydrogen-bond acceptors (Lipinski definition) is 4. The molecule has 1 aromatic heterocycles. The van der Waals surface area contributed by atoms with Crippen LogP contribution < -0.4 is 5.48 Å². The van der Waals surface area contributed by atoms with Gasteiger partial charge in [-0.25, -0.2) is 10.3 Å². The summed E-state index contributed by atoms with van der Waals surface area (Å²) in [6.45, 7) is 9.10. The molecular weight excluding hydrogens is 248 g/mol. The van der Waals surface area contributed by atoms with Crippen LogP contribution in [0.1, 0.15) is 52.9 Å². The smallest absolute Gasteiger partial charge is 0.340 e. The van der Waals surface area contributed by atoms with Gasteiger partial charge in [-0.1, -0.05) is 0 Å². The molecule has 0 saturated carbocycles. The Bertz CT molecular complexity index is 477. The number of carbonyl (C=O) groups excluding carboxylic acids is 2. The molecule has 1 rings (SSSR count). The van der Waals surface area contributed by atoms with Crippen molar-refractivity contribution in [3.63, 3.8) is 0 Å². The molecule has 6 heteroatoms. The zero-order valence-corrected chi connectivity index (χ0v) is 11.9. The van der Waals surface area contributed by atoms with Crippen LogP contribution in [0.15, 0.2) is 0 Å². The highest BCUT2D eigenvalue weighted by Crippen LogP contribution is 2.19. The molecule has 0 aliphatic heterocycles. The van der Waals surface area contributed by atoms with E-state index in [1.165, 1.54) is 0 Å². The van der Waals surface area contributed by atoms with E-state index in [1.54, 1.807) is 34.6 Å². The van der Waals surface area contributed by atoms with E-state index in [2.05, 4.69) is 10.5 Å². The molecule has 106 valence electrons. The van der Waals surface area contributed by atoms with Crippen molar-refractivity contribution in [2.75, 3.05) is 6.61 Å². The second-order valence-electron chi connectivity index (χ2n) is 4.44. The molecule has 6 nitrogen and oxygen atoms in total. The van der Waals surface area contributed by atoms with Gasteiger partial charge in [-0.3, -0.25) is 9.63 Å². The molecule has 2 N–H and O–H groups in total. The minimum Gasteiger partial charge on any atom is -0.459 e. The van der Waals surface area contributed by atoms with Crippen LogP contribution >= 0.6 is 0 Å². The van der Waals surface area contributed by atoms with Crippen molar-refractivity contribution in [3.05, 3.63) is 22.5 Å². The van der Waals surface area contributed by atoms with E-state index >= 15 is 0 Å². The number of nitrogens with one attached hydrogen (secondary N) is 2. The zero-order chi connectivity index (χ0) is 14.6. The van der Waals surface area contributed by atoms with E-state index in [0.29, 0.717) is 29.1 Å². The summed E-state index contributed by atoms with van der Waals surface area (Å²) in [6, 6.07) is 0. The maximum atomic E-state index is 11.9. The number of aromatic amines is 1. The first-order valence-corrected chi connectivity index (χ1v) is 6.20. The van der Waals surface area contributed by atoms with Crippen LogP contribution in [-0.2, 0) is 9.57 Å². The quantitative estimate of drug-likeness (QED) is 0.631. The van der Waals surface area contributed by atoms with Gasteiger partial charge in [-0.15, -0.1) is 0 Å². The molecule has 1 heterocycles. The van der Waals surface area contributed by atoms with E-state index in [1.807, 2.05) is 0 Å². The summed E-state index contributed by atoms with van der Waals surface area (Å²) in [5, 5.41) is 0. The Labute approximate surface area is 112 Å². The third kappa shape index (κ3) is 3.57. The number of H-pyrrole nitrogens is 1. The van der Waals surface area contributed by atoms with Crippen molar-refractivity contribution in [2.24, 2.45) is 0 Å². The lowest BCUT2D eigenvalue weighted by molar-refractivity contribution is 0.0360. The van der Waals surface area contributed by atoms with Gasteiger partial charge in [-0.05, 0) is 40.2 Å². The van der Waals surface area contributed by atoms with Crippen LogP contribution in [0.4, 0.5) is 0 Å². The minimum atomic E-state index is -0.434. The summed E-state index contributed by atoms with van der Waals surface area (Å²) < 4.78 is 5.15. The first kappa shape index (κ1) is 15.2. The summed E-state index contributed by atoms with van der Waals surface area (Å²) in [5.74, 6) is -0.845. The molecule has 0 aliphatic rings. The number of aromatic nitrogens is 1. The molecule has 0 spiro atoms. The normalized spacial score (nSPS) is 10.6. The number of rotatable bonds is 5. The monoisotopic (exact) mass is 268 g/mol. The van der Waals surface area contributed by atoms with Gasteiger partial charge in [-0.2, -0.15) is 0 Å². The van der Waals surface area contributed by atoms with E-state index in [9.17, 15) is 9.59 Å². The van der Waals surface area contributed by atoms with Crippen molar-refractivity contribution in [1.29, 1.82) is 0 Å². The van der Waals surface area contributed by atoms with E-state index in [-0.39, 0.29) is 6.10 Å². The highest BCUT2D eigenvalue weighted by molar-refractivity contribution is 6.00. The van der Waals surface area contributed by atoms with Gasteiger partial charge in [0.15, 0.2) is 0 Å². The van der Waals surface area contributed by atoms with E-state index in [4.69, 9.17) is 9.57 Å². The predicted molar refractivity (Wildman–Crippen MR) is 69.9 cm³/mol. The van der Waals surface area contributed by atoms with Gasteiger partial charge in [0.05, 0.1) is 18.3 Å². The summed E-state index contributed by atoms with van der Waals surface area (Å²) in [6.07, 6.45) is -0.207. The number of aryl methyl sites for hydroxylation is 1. The van der Waals surface area contributed by atoms with Crippen LogP contribution in [0.25, 0.3) is 0 Å². The first-order chi connectivity index (χ1) is 8.88. The molecule has 0 aliphatic carbocycles. The lowest BCUT2D eigenvalue weighted by Crippen LogP contribution is -2.24. The average Bonchev–Trinajstić information content (AvgIpc) is 2.61. The highest BCUT2D eigenvalue weighted by Gasteiger charge is 2.23. The van der Waals surface area contributed by atoms with E-state index in [0.717, 1.165) is 0 Å². The fraction of sp³-hybridized carbons (Fsp3) is 0.538. The van der Waals surface area contributed by atoms with Gasteiger partial charge < -0.3 is 9.72 Å². The first-order valence-electron chi connectivity index (χ1n) is 6.20. The highest BCUT2D eigenvalue weighted by atomic mass is 16.6. The molecule has 0 bridgehead atoms. The van der Waals surface area contributed by atoms with Crippen molar-refractivity contribution in [1.82, 2.24) is 10.5 Å². The Morgan fingerprint density at radius 2 is 1.95 bits per heavy atom. The molecule has 0 radical (unpaired) electrons. The Morgan fingerprint density at radius 1 is 1.32 bits per heavy atom. The third-order valence-corrected chi connectivity index (χ3v) is 2.52. The molecule has 0 unspecified atom stereocenters. The Kier molecular flexibility index (Phi) is 5.11. The SMILES string of the molecule is CCONC(=O)c1[nH]c(C)c(C(=O)OC(C)C)c1C. The molecule has 1 amide bonds. The summed E-state index contributed by atoms with van der Waals surface area (Å²) in [7, 11) is 0. The van der Waals surface area contributed by atoms with Gasteiger partial charge in [0.25, 0.3) is 5.91 Å². The third-order valence-electron chi connectivity index (χ3n) is 2.52. The molecule has 1 aromatic rings. The molecule has 0 aromatic carbocycles. The van der Waals surface area contributed by atoms with Gasteiger partial charge >= 0.3 is 5.97 Å². The maximum absolute atomic E-state index is 11.9. The van der Waals surface area contributed by atoms with Crippen LogP contribution in [0.2, 0.25) is 0 Å². The van der Waals surface area contributed by atoms with Crippen molar-refractivity contribution in [3.8, 4) is 0 Å². The molecule has 19 heavy (non-hydrogen) atoms. The lowest BCUT2D eigenvalue weighted by Gasteiger charge is -2.08. The number of ether oxygens (including phenoxy) is 1. The zero-order valence-electron chi connectivity index (χ0n) is 11.9. The Morgan fingerprint density at radius 3 is 2.47 bits per heavy atom. The lowest BCUT2D eigenvalue weighted by atomic mass is 10.1. The molecular formula is C13H20N2O4. The topological polar surface area (TPSA) is 80.4 Å². The summed E-state index contributed by atoms with van der Waals surface area (Å²) >= 11 is 0. The molecule has 0 saturated heterocycles. The van der Waals surface area contributed by atoms with Crippen LogP contribution in [0, 0.1) is 13.8 Å². The fourth-order valence-corrected chi connectivity index (χ4v) is 1.74. The summed E-state index contributed by atoms with van der Waals surface area (Å²) in [4.78, 5) is 31.5. The van der Waals surface area contributed by atoms with Crippen molar-refractivity contribution in [2.45, 2.75) is 40.7 Å². The second-order valence-corrected chi connectivity index (χ2v) is 4.44. The second kappa shape index (κ2) is 6.38. The number of esters is 1. The average molecular weight is 268 g/mol. The number of hydroxylamine groups is 1. The summed E-state index contributed by atoms with van der Waals surface area (Å²) in [5.41, 5.74) is 4.15. The minimum absolute atomic E-state index is 0.207. The van der Waals surface area contributed by atoms with Crippen LogP contribution in [0.3, 0.4) is 0 Å². The number of amides is 1. The Balaban J connectivity index is 3.00. The Hall–Kier alpha value is -1.82. The predicted octanol–water partition coefficient (Wildman–Crippen LogP) is 1.88. The van der Waals surface area contributed by atoms with Crippen LogP contribution in [-0.4, -0.2) is 29.6 Å². The molecule has 0 fully saturated rings.